The molecule has 0 saturated carbocycles. The van der Waals surface area contributed by atoms with E-state index in [-0.39, 0.29) is 0 Å². The number of benzene rings is 1. The monoisotopic (exact) mass is 297 g/mol. The lowest BCUT2D eigenvalue weighted by atomic mass is 10.2. The molecule has 0 aliphatic heterocycles. The fourth-order valence-corrected chi connectivity index (χ4v) is 1.95. The van der Waals surface area contributed by atoms with Crippen molar-refractivity contribution in [3.63, 3.8) is 0 Å². The molecule has 20 heavy (non-hydrogen) atoms. The molecule has 1 aromatic rings. The average Bonchev–Trinajstić information content (AvgIpc) is 2.44. The van der Waals surface area contributed by atoms with Crippen molar-refractivity contribution in [3.8, 4) is 5.75 Å². The van der Waals surface area contributed by atoms with Crippen LogP contribution in [0.15, 0.2) is 29.2 Å². The highest BCUT2D eigenvalue weighted by atomic mass is 32.2. The topological polar surface area (TPSA) is 75.6 Å². The van der Waals surface area contributed by atoms with Gasteiger partial charge in [0.2, 0.25) is 0 Å². The number of ether oxygens (including phenoxy) is 1. The zero-order chi connectivity index (χ0) is 15.1. The van der Waals surface area contributed by atoms with E-state index in [0.29, 0.717) is 12.2 Å². The highest BCUT2D eigenvalue weighted by Gasteiger charge is 2.22. The molecule has 0 bridgehead atoms. The van der Waals surface area contributed by atoms with Crippen molar-refractivity contribution in [2.75, 3.05) is 6.26 Å². The lowest BCUT2D eigenvalue weighted by Crippen LogP contribution is -2.45. The first-order valence-electron chi connectivity index (χ1n) is 6.31. The molecule has 0 radical (unpaired) electrons. The molecule has 0 aliphatic rings. The molecule has 2 atom stereocenters. The molecule has 0 saturated heterocycles. The lowest BCUT2D eigenvalue weighted by molar-refractivity contribution is -0.143. The van der Waals surface area contributed by atoms with Crippen molar-refractivity contribution in [3.05, 3.63) is 24.3 Å². The van der Waals surface area contributed by atoms with Crippen LogP contribution in [-0.4, -0.2) is 35.4 Å². The number of nitrogens with one attached hydrogen (secondary N) is 1. The van der Waals surface area contributed by atoms with Crippen LogP contribution in [0.3, 0.4) is 0 Å². The van der Waals surface area contributed by atoms with Crippen molar-refractivity contribution in [2.24, 2.45) is 0 Å². The summed E-state index contributed by atoms with van der Waals surface area (Å²) >= 11 is 1.62. The number of carbonyl (C=O) groups excluding carboxylic acids is 1. The highest BCUT2D eigenvalue weighted by Crippen LogP contribution is 2.19. The molecule has 1 rings (SSSR count). The summed E-state index contributed by atoms with van der Waals surface area (Å²) in [4.78, 5) is 23.8. The van der Waals surface area contributed by atoms with E-state index in [2.05, 4.69) is 5.32 Å². The van der Waals surface area contributed by atoms with Crippen LogP contribution in [0, 0.1) is 0 Å². The summed E-state index contributed by atoms with van der Waals surface area (Å²) in [5, 5.41) is 11.3. The van der Waals surface area contributed by atoms with Crippen LogP contribution in [0.5, 0.6) is 5.75 Å². The van der Waals surface area contributed by atoms with Crippen LogP contribution >= 0.6 is 11.8 Å². The largest absolute Gasteiger partial charge is 0.481 e. The summed E-state index contributed by atoms with van der Waals surface area (Å²) in [7, 11) is 0. The van der Waals surface area contributed by atoms with Gasteiger partial charge < -0.3 is 15.2 Å². The van der Waals surface area contributed by atoms with Crippen LogP contribution in [0.25, 0.3) is 0 Å². The highest BCUT2D eigenvalue weighted by molar-refractivity contribution is 7.98. The van der Waals surface area contributed by atoms with E-state index in [1.54, 1.807) is 37.7 Å². The van der Waals surface area contributed by atoms with Crippen molar-refractivity contribution < 1.29 is 19.4 Å². The zero-order valence-electron chi connectivity index (χ0n) is 11.8. The Labute approximate surface area is 122 Å². The van der Waals surface area contributed by atoms with Gasteiger partial charge in [-0.2, -0.15) is 0 Å². The molecule has 0 spiro atoms. The van der Waals surface area contributed by atoms with Crippen LogP contribution in [0.2, 0.25) is 0 Å². The lowest BCUT2D eigenvalue weighted by Gasteiger charge is -2.18. The van der Waals surface area contributed by atoms with E-state index >= 15 is 0 Å². The SMILES string of the molecule is CCC(NC(=O)C(C)Oc1ccc(SC)cc1)C(=O)O. The predicted molar refractivity (Wildman–Crippen MR) is 78.2 cm³/mol. The maximum Gasteiger partial charge on any atom is 0.326 e. The van der Waals surface area contributed by atoms with Gasteiger partial charge in [-0.1, -0.05) is 6.92 Å². The van der Waals surface area contributed by atoms with Gasteiger partial charge in [-0.15, -0.1) is 11.8 Å². The molecular formula is C14H19NO4S. The Kier molecular flexibility index (Phi) is 6.38. The summed E-state index contributed by atoms with van der Waals surface area (Å²) in [6, 6.07) is 6.48. The van der Waals surface area contributed by atoms with E-state index in [0.717, 1.165) is 4.90 Å². The Hall–Kier alpha value is -1.69. The van der Waals surface area contributed by atoms with Gasteiger partial charge in [-0.3, -0.25) is 4.79 Å². The fourth-order valence-electron chi connectivity index (χ4n) is 1.54. The summed E-state index contributed by atoms with van der Waals surface area (Å²) in [5.74, 6) is -0.903. The van der Waals surface area contributed by atoms with Gasteiger partial charge in [-0.25, -0.2) is 4.79 Å². The van der Waals surface area contributed by atoms with Gasteiger partial charge >= 0.3 is 5.97 Å². The number of hydrogen-bond donors (Lipinski definition) is 2. The molecule has 1 amide bonds. The van der Waals surface area contributed by atoms with Crippen molar-refractivity contribution in [2.45, 2.75) is 37.3 Å². The molecule has 110 valence electrons. The van der Waals surface area contributed by atoms with E-state index in [4.69, 9.17) is 9.84 Å². The third kappa shape index (κ3) is 4.77. The van der Waals surface area contributed by atoms with Gasteiger partial charge in [0, 0.05) is 4.90 Å². The summed E-state index contributed by atoms with van der Waals surface area (Å²) in [6.07, 6.45) is 1.56. The molecule has 0 heterocycles. The molecule has 5 nitrogen and oxygen atoms in total. The normalized spacial score (nSPS) is 13.3. The van der Waals surface area contributed by atoms with Gasteiger partial charge in [0.15, 0.2) is 6.10 Å². The van der Waals surface area contributed by atoms with Crippen molar-refractivity contribution >= 4 is 23.6 Å². The Bertz CT molecular complexity index is 461. The summed E-state index contributed by atoms with van der Waals surface area (Å²) in [5.41, 5.74) is 0. The molecule has 0 aromatic heterocycles. The number of carbonyl (C=O) groups is 2. The number of rotatable bonds is 7. The van der Waals surface area contributed by atoms with Gasteiger partial charge in [0.1, 0.15) is 11.8 Å². The molecule has 6 heteroatoms. The molecule has 0 fully saturated rings. The first-order valence-corrected chi connectivity index (χ1v) is 7.54. The first-order chi connectivity index (χ1) is 9.47. The minimum absolute atomic E-state index is 0.330. The second kappa shape index (κ2) is 7.79. The van der Waals surface area contributed by atoms with E-state index in [9.17, 15) is 9.59 Å². The summed E-state index contributed by atoms with van der Waals surface area (Å²) < 4.78 is 5.49. The Balaban J connectivity index is 2.58. The van der Waals surface area contributed by atoms with E-state index in [1.165, 1.54) is 0 Å². The Morgan fingerprint density at radius 2 is 1.95 bits per heavy atom. The van der Waals surface area contributed by atoms with Gasteiger partial charge in [0.05, 0.1) is 0 Å². The summed E-state index contributed by atoms with van der Waals surface area (Å²) in [6.45, 7) is 3.29. The third-order valence-electron chi connectivity index (χ3n) is 2.76. The number of aliphatic carboxylic acids is 1. The van der Waals surface area contributed by atoms with Crippen LogP contribution < -0.4 is 10.1 Å². The minimum Gasteiger partial charge on any atom is -0.481 e. The van der Waals surface area contributed by atoms with E-state index < -0.39 is 24.0 Å². The Morgan fingerprint density at radius 3 is 2.40 bits per heavy atom. The third-order valence-corrected chi connectivity index (χ3v) is 3.51. The molecule has 2 N–H and O–H groups in total. The maximum atomic E-state index is 11.8. The fraction of sp³-hybridized carbons (Fsp3) is 0.429. The number of carboxylic acids is 1. The first kappa shape index (κ1) is 16.4. The second-order valence-corrected chi connectivity index (χ2v) is 5.12. The standard InChI is InChI=1S/C14H19NO4S/c1-4-12(14(17)18)15-13(16)9(2)19-10-5-7-11(20-3)8-6-10/h5-9,12H,4H2,1-3H3,(H,15,16)(H,17,18). The molecule has 2 unspecified atom stereocenters. The predicted octanol–water partition coefficient (Wildman–Crippen LogP) is 2.16. The second-order valence-electron chi connectivity index (χ2n) is 4.24. The number of thioether (sulfide) groups is 1. The molecule has 1 aromatic carbocycles. The number of hydrogen-bond acceptors (Lipinski definition) is 4. The van der Waals surface area contributed by atoms with Gasteiger partial charge in [-0.05, 0) is 43.9 Å². The van der Waals surface area contributed by atoms with Crippen LogP contribution in [0.4, 0.5) is 0 Å². The zero-order valence-corrected chi connectivity index (χ0v) is 12.6. The molecule has 0 aliphatic carbocycles. The van der Waals surface area contributed by atoms with Gasteiger partial charge in [0.25, 0.3) is 5.91 Å². The smallest absolute Gasteiger partial charge is 0.326 e. The average molecular weight is 297 g/mol. The maximum absolute atomic E-state index is 11.8. The van der Waals surface area contributed by atoms with Crippen LogP contribution in [-0.2, 0) is 9.59 Å². The molecular weight excluding hydrogens is 278 g/mol. The van der Waals surface area contributed by atoms with E-state index in [1.807, 2.05) is 18.4 Å². The quantitative estimate of drug-likeness (QED) is 0.754. The van der Waals surface area contributed by atoms with Crippen molar-refractivity contribution in [1.29, 1.82) is 0 Å². The number of carboxylic acid groups (broad SMARTS) is 1. The Morgan fingerprint density at radius 1 is 1.35 bits per heavy atom. The number of amides is 1. The van der Waals surface area contributed by atoms with Crippen LogP contribution in [0.1, 0.15) is 20.3 Å². The minimum atomic E-state index is -1.04. The van der Waals surface area contributed by atoms with Crippen molar-refractivity contribution in [1.82, 2.24) is 5.32 Å².